The monoisotopic (exact) mass is 319 g/mol. The predicted molar refractivity (Wildman–Crippen MR) is 80.2 cm³/mol. The summed E-state index contributed by atoms with van der Waals surface area (Å²) in [5.41, 5.74) is 0. The van der Waals surface area contributed by atoms with Gasteiger partial charge in [-0.1, -0.05) is 39.5 Å². The van der Waals surface area contributed by atoms with Crippen LogP contribution in [-0.2, 0) is 10.0 Å². The first-order chi connectivity index (χ1) is 9.42. The standard InChI is InChI=1S/C13H22ClN3O2S/c1-11(2)7-5-3-4-6-8-17-20(18,19)12-9-15-13(14)16-10-12/h9-11,17H,3-8H2,1-2H3. The van der Waals surface area contributed by atoms with Gasteiger partial charge in [-0.05, 0) is 23.9 Å². The number of aromatic nitrogens is 2. The van der Waals surface area contributed by atoms with Gasteiger partial charge in [-0.2, -0.15) is 0 Å². The van der Waals surface area contributed by atoms with Crippen molar-refractivity contribution in [2.75, 3.05) is 6.54 Å². The molecule has 114 valence electrons. The lowest BCUT2D eigenvalue weighted by molar-refractivity contribution is 0.517. The second-order valence-electron chi connectivity index (χ2n) is 5.18. The van der Waals surface area contributed by atoms with Crippen LogP contribution in [0.3, 0.4) is 0 Å². The molecule has 0 aliphatic rings. The quantitative estimate of drug-likeness (QED) is 0.561. The Hall–Kier alpha value is -0.720. The van der Waals surface area contributed by atoms with E-state index in [-0.39, 0.29) is 10.2 Å². The lowest BCUT2D eigenvalue weighted by Crippen LogP contribution is -2.25. The van der Waals surface area contributed by atoms with Crippen molar-refractivity contribution < 1.29 is 8.42 Å². The zero-order valence-electron chi connectivity index (χ0n) is 12.0. The first-order valence-corrected chi connectivity index (χ1v) is 8.75. The van der Waals surface area contributed by atoms with Crippen LogP contribution in [0.4, 0.5) is 0 Å². The van der Waals surface area contributed by atoms with Crippen molar-refractivity contribution >= 4 is 21.6 Å². The number of halogens is 1. The largest absolute Gasteiger partial charge is 0.243 e. The minimum absolute atomic E-state index is 0.0362. The summed E-state index contributed by atoms with van der Waals surface area (Å²) in [6, 6.07) is 0. The molecule has 5 nitrogen and oxygen atoms in total. The summed E-state index contributed by atoms with van der Waals surface area (Å²) in [7, 11) is -3.52. The van der Waals surface area contributed by atoms with Crippen LogP contribution in [0.1, 0.15) is 46.0 Å². The van der Waals surface area contributed by atoms with Crippen LogP contribution in [0.2, 0.25) is 5.28 Å². The van der Waals surface area contributed by atoms with Crippen LogP contribution in [0.5, 0.6) is 0 Å². The third-order valence-electron chi connectivity index (χ3n) is 2.91. The first-order valence-electron chi connectivity index (χ1n) is 6.89. The van der Waals surface area contributed by atoms with Gasteiger partial charge in [0, 0.05) is 6.54 Å². The minimum Gasteiger partial charge on any atom is -0.225 e. The van der Waals surface area contributed by atoms with Crippen molar-refractivity contribution in [3.05, 3.63) is 17.7 Å². The Morgan fingerprint density at radius 3 is 2.35 bits per heavy atom. The van der Waals surface area contributed by atoms with Gasteiger partial charge in [-0.25, -0.2) is 23.1 Å². The molecule has 1 aromatic rings. The highest BCUT2D eigenvalue weighted by Gasteiger charge is 2.14. The van der Waals surface area contributed by atoms with Crippen molar-refractivity contribution in [1.82, 2.24) is 14.7 Å². The molecule has 0 fully saturated rings. The van der Waals surface area contributed by atoms with E-state index in [1.54, 1.807) is 0 Å². The summed E-state index contributed by atoms with van der Waals surface area (Å²) < 4.78 is 26.3. The SMILES string of the molecule is CC(C)CCCCCCNS(=O)(=O)c1cnc(Cl)nc1. The number of hydrogen-bond acceptors (Lipinski definition) is 4. The molecule has 0 atom stereocenters. The summed E-state index contributed by atoms with van der Waals surface area (Å²) in [6.07, 6.45) is 7.87. The molecule has 1 aromatic heterocycles. The Bertz CT molecular complexity index is 489. The molecule has 0 bridgehead atoms. The molecule has 0 saturated carbocycles. The normalized spacial score (nSPS) is 12.0. The minimum atomic E-state index is -3.52. The summed E-state index contributed by atoms with van der Waals surface area (Å²) in [5, 5.41) is 0.0362. The van der Waals surface area contributed by atoms with Crippen molar-refractivity contribution in [2.24, 2.45) is 5.92 Å². The van der Waals surface area contributed by atoms with Crippen LogP contribution in [-0.4, -0.2) is 24.9 Å². The first kappa shape index (κ1) is 17.3. The third kappa shape index (κ3) is 6.63. The molecular weight excluding hydrogens is 298 g/mol. The Morgan fingerprint density at radius 1 is 1.15 bits per heavy atom. The maximum Gasteiger partial charge on any atom is 0.243 e. The molecule has 0 spiro atoms. The zero-order valence-corrected chi connectivity index (χ0v) is 13.5. The molecule has 1 N–H and O–H groups in total. The average Bonchev–Trinajstić information content (AvgIpc) is 2.37. The summed E-state index contributed by atoms with van der Waals surface area (Å²) >= 11 is 5.52. The molecular formula is C13H22ClN3O2S. The third-order valence-corrected chi connectivity index (χ3v) is 4.52. The van der Waals surface area contributed by atoms with Gasteiger partial charge in [0.15, 0.2) is 0 Å². The topological polar surface area (TPSA) is 72.0 Å². The van der Waals surface area contributed by atoms with E-state index in [0.717, 1.165) is 25.2 Å². The number of nitrogens with zero attached hydrogens (tertiary/aromatic N) is 2. The van der Waals surface area contributed by atoms with Gasteiger partial charge in [0.05, 0.1) is 12.4 Å². The number of sulfonamides is 1. The van der Waals surface area contributed by atoms with E-state index in [1.807, 2.05) is 0 Å². The van der Waals surface area contributed by atoms with Crippen molar-refractivity contribution in [3.63, 3.8) is 0 Å². The average molecular weight is 320 g/mol. The second kappa shape index (κ2) is 8.54. The Kier molecular flexibility index (Phi) is 7.40. The van der Waals surface area contributed by atoms with E-state index in [9.17, 15) is 8.42 Å². The van der Waals surface area contributed by atoms with Crippen LogP contribution in [0.25, 0.3) is 0 Å². The Labute approximate surface area is 126 Å². The van der Waals surface area contributed by atoms with E-state index in [4.69, 9.17) is 11.6 Å². The van der Waals surface area contributed by atoms with Gasteiger partial charge < -0.3 is 0 Å². The fourth-order valence-corrected chi connectivity index (χ4v) is 2.82. The predicted octanol–water partition coefficient (Wildman–Crippen LogP) is 3.01. The number of unbranched alkanes of at least 4 members (excludes halogenated alkanes) is 3. The van der Waals surface area contributed by atoms with Crippen molar-refractivity contribution in [2.45, 2.75) is 50.8 Å². The summed E-state index contributed by atoms with van der Waals surface area (Å²) in [5.74, 6) is 0.735. The van der Waals surface area contributed by atoms with E-state index in [2.05, 4.69) is 28.5 Å². The van der Waals surface area contributed by atoms with Gasteiger partial charge in [0.1, 0.15) is 4.90 Å². The highest BCUT2D eigenvalue weighted by molar-refractivity contribution is 7.89. The molecule has 0 unspecified atom stereocenters. The highest BCUT2D eigenvalue weighted by Crippen LogP contribution is 2.10. The summed E-state index contributed by atoms with van der Waals surface area (Å²) in [6.45, 7) is 4.86. The highest BCUT2D eigenvalue weighted by atomic mass is 35.5. The number of hydrogen-bond donors (Lipinski definition) is 1. The van der Waals surface area contributed by atoms with Gasteiger partial charge in [-0.3, -0.25) is 0 Å². The van der Waals surface area contributed by atoms with Crippen LogP contribution < -0.4 is 4.72 Å². The molecule has 0 aromatic carbocycles. The fourth-order valence-electron chi connectivity index (χ4n) is 1.76. The molecule has 0 aliphatic carbocycles. The van der Waals surface area contributed by atoms with Gasteiger partial charge in [0.25, 0.3) is 0 Å². The molecule has 0 aliphatic heterocycles. The smallest absolute Gasteiger partial charge is 0.225 e. The number of nitrogens with one attached hydrogen (secondary N) is 1. The van der Waals surface area contributed by atoms with Gasteiger partial charge in [-0.15, -0.1) is 0 Å². The van der Waals surface area contributed by atoms with E-state index in [1.165, 1.54) is 25.2 Å². The maximum atomic E-state index is 11.9. The molecule has 20 heavy (non-hydrogen) atoms. The lowest BCUT2D eigenvalue weighted by atomic mass is 10.0. The fraction of sp³-hybridized carbons (Fsp3) is 0.692. The number of rotatable bonds is 9. The zero-order chi connectivity index (χ0) is 15.0. The molecule has 0 radical (unpaired) electrons. The van der Waals surface area contributed by atoms with E-state index < -0.39 is 10.0 Å². The van der Waals surface area contributed by atoms with Crippen molar-refractivity contribution in [1.29, 1.82) is 0 Å². The lowest BCUT2D eigenvalue weighted by Gasteiger charge is -2.07. The van der Waals surface area contributed by atoms with Crippen LogP contribution >= 0.6 is 11.6 Å². The molecule has 0 amide bonds. The Morgan fingerprint density at radius 2 is 1.75 bits per heavy atom. The van der Waals surface area contributed by atoms with Gasteiger partial charge >= 0.3 is 0 Å². The van der Waals surface area contributed by atoms with Crippen LogP contribution in [0.15, 0.2) is 17.3 Å². The van der Waals surface area contributed by atoms with E-state index in [0.29, 0.717) is 6.54 Å². The summed E-state index contributed by atoms with van der Waals surface area (Å²) in [4.78, 5) is 7.37. The molecule has 7 heteroatoms. The molecule has 1 heterocycles. The molecule has 1 rings (SSSR count). The van der Waals surface area contributed by atoms with Gasteiger partial charge in [0.2, 0.25) is 15.3 Å². The second-order valence-corrected chi connectivity index (χ2v) is 7.29. The maximum absolute atomic E-state index is 11.9. The Balaban J connectivity index is 2.25. The van der Waals surface area contributed by atoms with Crippen LogP contribution in [0, 0.1) is 5.92 Å². The van der Waals surface area contributed by atoms with E-state index >= 15 is 0 Å². The van der Waals surface area contributed by atoms with Crippen molar-refractivity contribution in [3.8, 4) is 0 Å². The molecule has 0 saturated heterocycles.